The van der Waals surface area contributed by atoms with Crippen molar-refractivity contribution in [2.75, 3.05) is 6.54 Å². The normalized spacial score (nSPS) is 17.5. The Balaban J connectivity index is 1.94. The second-order valence-electron chi connectivity index (χ2n) is 5.35. The van der Waals surface area contributed by atoms with Crippen molar-refractivity contribution in [1.82, 2.24) is 10.3 Å². The van der Waals surface area contributed by atoms with Gasteiger partial charge in [0.25, 0.3) is 5.91 Å². The number of primary amides is 1. The van der Waals surface area contributed by atoms with Crippen molar-refractivity contribution >= 4 is 23.0 Å². The number of ketones is 1. The van der Waals surface area contributed by atoms with E-state index in [9.17, 15) is 9.59 Å². The van der Waals surface area contributed by atoms with Crippen LogP contribution in [0, 0.1) is 0 Å². The molecule has 5 nitrogen and oxygen atoms in total. The van der Waals surface area contributed by atoms with Crippen molar-refractivity contribution in [3.63, 3.8) is 0 Å². The van der Waals surface area contributed by atoms with Gasteiger partial charge in [-0.1, -0.05) is 30.3 Å². The predicted molar refractivity (Wildman–Crippen MR) is 86.0 cm³/mol. The van der Waals surface area contributed by atoms with Crippen molar-refractivity contribution in [2.45, 2.75) is 25.3 Å². The van der Waals surface area contributed by atoms with Crippen LogP contribution in [0.1, 0.15) is 39.6 Å². The number of benzene rings is 1. The molecule has 114 valence electrons. The summed E-state index contributed by atoms with van der Waals surface area (Å²) in [4.78, 5) is 28.9. The molecule has 0 radical (unpaired) electrons. The van der Waals surface area contributed by atoms with Crippen LogP contribution in [0.25, 0.3) is 10.4 Å². The molecule has 0 saturated carbocycles. The van der Waals surface area contributed by atoms with Gasteiger partial charge in [0.15, 0.2) is 10.8 Å². The largest absolute Gasteiger partial charge is 0.364 e. The SMILES string of the molecule is NC(=O)c1nc(C(=O)CC2CCCN2)c(-c2ccccc2)s1. The van der Waals surface area contributed by atoms with E-state index in [-0.39, 0.29) is 16.8 Å². The van der Waals surface area contributed by atoms with Crippen molar-refractivity contribution in [1.29, 1.82) is 0 Å². The molecule has 2 aromatic rings. The van der Waals surface area contributed by atoms with Gasteiger partial charge in [0.05, 0.1) is 4.88 Å². The zero-order valence-electron chi connectivity index (χ0n) is 12.0. The van der Waals surface area contributed by atoms with Crippen molar-refractivity contribution in [3.8, 4) is 10.4 Å². The summed E-state index contributed by atoms with van der Waals surface area (Å²) in [6.07, 6.45) is 2.49. The van der Waals surface area contributed by atoms with E-state index in [0.29, 0.717) is 12.1 Å². The summed E-state index contributed by atoms with van der Waals surface area (Å²) in [5, 5.41) is 3.49. The number of nitrogens with one attached hydrogen (secondary N) is 1. The van der Waals surface area contributed by atoms with Gasteiger partial charge in [0, 0.05) is 12.5 Å². The van der Waals surface area contributed by atoms with Gasteiger partial charge in [-0.15, -0.1) is 11.3 Å². The number of thiazole rings is 1. The lowest BCUT2D eigenvalue weighted by Crippen LogP contribution is -2.25. The Labute approximate surface area is 132 Å². The molecule has 1 saturated heterocycles. The first kappa shape index (κ1) is 14.9. The summed E-state index contributed by atoms with van der Waals surface area (Å²) in [5.74, 6) is -0.637. The number of hydrogen-bond donors (Lipinski definition) is 2. The average molecular weight is 315 g/mol. The summed E-state index contributed by atoms with van der Waals surface area (Å²) in [7, 11) is 0. The first-order chi connectivity index (χ1) is 10.6. The topological polar surface area (TPSA) is 85.1 Å². The zero-order valence-corrected chi connectivity index (χ0v) is 12.9. The standard InChI is InChI=1S/C16H17N3O2S/c17-15(21)16-19-13(12(20)9-11-7-4-8-18-11)14(22-16)10-5-2-1-3-6-10/h1-3,5-6,11,18H,4,7-9H2,(H2,17,21). The van der Waals surface area contributed by atoms with E-state index in [1.54, 1.807) is 0 Å². The van der Waals surface area contributed by atoms with E-state index in [1.807, 2.05) is 30.3 Å². The molecule has 3 rings (SSSR count). The van der Waals surface area contributed by atoms with E-state index < -0.39 is 5.91 Å². The van der Waals surface area contributed by atoms with Gasteiger partial charge in [-0.05, 0) is 24.9 Å². The fourth-order valence-corrected chi connectivity index (χ4v) is 3.59. The third kappa shape index (κ3) is 3.08. The molecule has 1 aromatic carbocycles. The minimum Gasteiger partial charge on any atom is -0.364 e. The number of Topliss-reactive ketones (excluding diaryl/α,β-unsaturated/α-hetero) is 1. The third-order valence-corrected chi connectivity index (χ3v) is 4.85. The Bertz CT molecular complexity index is 691. The van der Waals surface area contributed by atoms with E-state index in [4.69, 9.17) is 5.73 Å². The van der Waals surface area contributed by atoms with Crippen LogP contribution in [0.2, 0.25) is 0 Å². The van der Waals surface area contributed by atoms with Gasteiger partial charge in [-0.25, -0.2) is 4.98 Å². The molecule has 1 aliphatic heterocycles. The van der Waals surface area contributed by atoms with Crippen molar-refractivity contribution in [3.05, 3.63) is 41.0 Å². The summed E-state index contributed by atoms with van der Waals surface area (Å²) in [5.41, 5.74) is 6.57. The van der Waals surface area contributed by atoms with Crippen LogP contribution in [0.4, 0.5) is 0 Å². The van der Waals surface area contributed by atoms with Crippen LogP contribution < -0.4 is 11.1 Å². The number of nitrogens with two attached hydrogens (primary N) is 1. The smallest absolute Gasteiger partial charge is 0.277 e. The molecule has 1 atom stereocenters. The van der Waals surface area contributed by atoms with E-state index in [0.717, 1.165) is 29.8 Å². The van der Waals surface area contributed by atoms with E-state index in [2.05, 4.69) is 10.3 Å². The van der Waals surface area contributed by atoms with Crippen LogP contribution in [-0.2, 0) is 0 Å². The maximum Gasteiger partial charge on any atom is 0.277 e. The Hall–Kier alpha value is -2.05. The maximum absolute atomic E-state index is 12.6. The van der Waals surface area contributed by atoms with Crippen LogP contribution in [0.5, 0.6) is 0 Å². The number of amides is 1. The lowest BCUT2D eigenvalue weighted by molar-refractivity contribution is 0.0968. The van der Waals surface area contributed by atoms with Gasteiger partial charge < -0.3 is 11.1 Å². The highest BCUT2D eigenvalue weighted by molar-refractivity contribution is 7.17. The molecule has 2 heterocycles. The molecule has 1 unspecified atom stereocenters. The van der Waals surface area contributed by atoms with Crippen LogP contribution >= 0.6 is 11.3 Å². The lowest BCUT2D eigenvalue weighted by Gasteiger charge is -2.08. The van der Waals surface area contributed by atoms with Gasteiger partial charge in [0.2, 0.25) is 0 Å². The molecule has 1 amide bonds. The fraction of sp³-hybridized carbons (Fsp3) is 0.312. The highest BCUT2D eigenvalue weighted by Crippen LogP contribution is 2.31. The average Bonchev–Trinajstić information content (AvgIpc) is 3.17. The Morgan fingerprint density at radius 3 is 2.73 bits per heavy atom. The molecule has 0 spiro atoms. The Morgan fingerprint density at radius 1 is 1.32 bits per heavy atom. The number of nitrogens with zero attached hydrogens (tertiary/aromatic N) is 1. The maximum atomic E-state index is 12.6. The minimum absolute atomic E-state index is 0.0398. The van der Waals surface area contributed by atoms with Gasteiger partial charge in [-0.3, -0.25) is 9.59 Å². The van der Waals surface area contributed by atoms with Crippen LogP contribution in [0.3, 0.4) is 0 Å². The summed E-state index contributed by atoms with van der Waals surface area (Å²) < 4.78 is 0. The molecule has 0 aliphatic carbocycles. The highest BCUT2D eigenvalue weighted by Gasteiger charge is 2.25. The first-order valence-corrected chi connectivity index (χ1v) is 8.09. The molecule has 6 heteroatoms. The van der Waals surface area contributed by atoms with Crippen molar-refractivity contribution in [2.24, 2.45) is 5.73 Å². The number of carbonyl (C=O) groups is 2. The second-order valence-corrected chi connectivity index (χ2v) is 6.35. The molecule has 1 aliphatic rings. The monoisotopic (exact) mass is 315 g/mol. The first-order valence-electron chi connectivity index (χ1n) is 7.28. The molecule has 22 heavy (non-hydrogen) atoms. The summed E-state index contributed by atoms with van der Waals surface area (Å²) in [6, 6.07) is 9.71. The van der Waals surface area contributed by atoms with Gasteiger partial charge in [0.1, 0.15) is 5.69 Å². The molecular formula is C16H17N3O2S. The Morgan fingerprint density at radius 2 is 2.09 bits per heavy atom. The Kier molecular flexibility index (Phi) is 4.31. The molecule has 1 aromatic heterocycles. The highest BCUT2D eigenvalue weighted by atomic mass is 32.1. The molecule has 0 bridgehead atoms. The number of hydrogen-bond acceptors (Lipinski definition) is 5. The minimum atomic E-state index is -0.597. The molecule has 1 fully saturated rings. The number of carbonyl (C=O) groups excluding carboxylic acids is 2. The summed E-state index contributed by atoms with van der Waals surface area (Å²) in [6.45, 7) is 0.951. The zero-order chi connectivity index (χ0) is 15.5. The molecule has 3 N–H and O–H groups in total. The second kappa shape index (κ2) is 6.37. The van der Waals surface area contributed by atoms with Gasteiger partial charge >= 0.3 is 0 Å². The summed E-state index contributed by atoms with van der Waals surface area (Å²) >= 11 is 1.18. The van der Waals surface area contributed by atoms with Crippen LogP contribution in [-0.4, -0.2) is 29.3 Å². The van der Waals surface area contributed by atoms with Crippen LogP contribution in [0.15, 0.2) is 30.3 Å². The number of aromatic nitrogens is 1. The quantitative estimate of drug-likeness (QED) is 0.829. The lowest BCUT2D eigenvalue weighted by atomic mass is 10.0. The predicted octanol–water partition coefficient (Wildman–Crippen LogP) is 2.23. The van der Waals surface area contributed by atoms with Gasteiger partial charge in [-0.2, -0.15) is 0 Å². The third-order valence-electron chi connectivity index (χ3n) is 3.73. The van der Waals surface area contributed by atoms with E-state index >= 15 is 0 Å². The fourth-order valence-electron chi connectivity index (χ4n) is 2.65. The van der Waals surface area contributed by atoms with E-state index in [1.165, 1.54) is 11.3 Å². The van der Waals surface area contributed by atoms with Crippen molar-refractivity contribution < 1.29 is 9.59 Å². The molecular weight excluding hydrogens is 298 g/mol. The number of rotatable bonds is 5.